The van der Waals surface area contributed by atoms with Crippen molar-refractivity contribution < 1.29 is 0 Å². The number of rotatable bonds is 2. The Morgan fingerprint density at radius 1 is 0.882 bits per heavy atom. The van der Waals surface area contributed by atoms with Gasteiger partial charge in [0.2, 0.25) is 0 Å². The molecule has 0 radical (unpaired) electrons. The van der Waals surface area contributed by atoms with Gasteiger partial charge in [0.05, 0.1) is 17.9 Å². The van der Waals surface area contributed by atoms with E-state index in [9.17, 15) is 0 Å². The molecule has 0 fully saturated rings. The number of nitrogens with zero attached hydrogens (tertiary/aromatic N) is 4. The van der Waals surface area contributed by atoms with Gasteiger partial charge in [0.25, 0.3) is 0 Å². The first-order valence-corrected chi connectivity index (χ1v) is 5.37. The summed E-state index contributed by atoms with van der Waals surface area (Å²) in [6.07, 6.45) is 7.80. The first-order valence-electron chi connectivity index (χ1n) is 5.37. The maximum absolute atomic E-state index is 4.55. The van der Waals surface area contributed by atoms with Crippen molar-refractivity contribution in [1.82, 2.24) is 20.2 Å². The standard InChI is InChI=1S/C13H10N4/c1-2-12(7-10-3-5-14-6-4-10)17-13-9-16-15-8-11(1)13/h1-6,8-9H,7H2. The van der Waals surface area contributed by atoms with Crippen LogP contribution in [0.5, 0.6) is 0 Å². The van der Waals surface area contributed by atoms with Crippen molar-refractivity contribution in [3.63, 3.8) is 0 Å². The van der Waals surface area contributed by atoms with E-state index >= 15 is 0 Å². The lowest BCUT2D eigenvalue weighted by atomic mass is 10.1. The Morgan fingerprint density at radius 3 is 2.59 bits per heavy atom. The molecule has 0 aliphatic heterocycles. The second-order valence-electron chi connectivity index (χ2n) is 3.80. The highest BCUT2D eigenvalue weighted by Crippen LogP contribution is 2.12. The summed E-state index contributed by atoms with van der Waals surface area (Å²) >= 11 is 0. The van der Waals surface area contributed by atoms with E-state index in [1.165, 1.54) is 5.56 Å². The van der Waals surface area contributed by atoms with Crippen LogP contribution in [0, 0.1) is 0 Å². The Hall–Kier alpha value is -2.36. The average molecular weight is 222 g/mol. The quantitative estimate of drug-likeness (QED) is 0.665. The fourth-order valence-electron chi connectivity index (χ4n) is 1.73. The van der Waals surface area contributed by atoms with Gasteiger partial charge in [-0.25, -0.2) is 0 Å². The molecule has 3 aromatic heterocycles. The van der Waals surface area contributed by atoms with Crippen LogP contribution in [0.3, 0.4) is 0 Å². The van der Waals surface area contributed by atoms with E-state index in [1.807, 2.05) is 24.3 Å². The molecule has 3 rings (SSSR count). The fourth-order valence-corrected chi connectivity index (χ4v) is 1.73. The third-order valence-corrected chi connectivity index (χ3v) is 2.59. The number of hydrogen-bond acceptors (Lipinski definition) is 4. The molecule has 0 saturated carbocycles. The second-order valence-corrected chi connectivity index (χ2v) is 3.80. The van der Waals surface area contributed by atoms with Gasteiger partial charge in [0.1, 0.15) is 0 Å². The van der Waals surface area contributed by atoms with Crippen molar-refractivity contribution in [3.8, 4) is 0 Å². The molecule has 0 bridgehead atoms. The van der Waals surface area contributed by atoms with E-state index in [-0.39, 0.29) is 0 Å². The minimum absolute atomic E-state index is 0.806. The van der Waals surface area contributed by atoms with Crippen molar-refractivity contribution >= 4 is 10.9 Å². The molecule has 0 aromatic carbocycles. The molecule has 3 aromatic rings. The van der Waals surface area contributed by atoms with E-state index in [0.717, 1.165) is 23.0 Å². The van der Waals surface area contributed by atoms with E-state index in [1.54, 1.807) is 24.8 Å². The predicted octanol–water partition coefficient (Wildman–Crippen LogP) is 2.01. The zero-order valence-corrected chi connectivity index (χ0v) is 9.11. The molecular formula is C13H10N4. The molecule has 0 atom stereocenters. The summed E-state index contributed by atoms with van der Waals surface area (Å²) in [6.45, 7) is 0. The molecule has 4 heteroatoms. The minimum atomic E-state index is 0.806. The summed E-state index contributed by atoms with van der Waals surface area (Å²) in [5.74, 6) is 0. The zero-order valence-electron chi connectivity index (χ0n) is 9.11. The molecule has 3 heterocycles. The van der Waals surface area contributed by atoms with Crippen molar-refractivity contribution in [2.75, 3.05) is 0 Å². The van der Waals surface area contributed by atoms with Gasteiger partial charge in [-0.2, -0.15) is 10.2 Å². The van der Waals surface area contributed by atoms with Crippen molar-refractivity contribution in [1.29, 1.82) is 0 Å². The van der Waals surface area contributed by atoms with Gasteiger partial charge in [-0.05, 0) is 29.8 Å². The Bertz CT molecular complexity index is 637. The highest BCUT2D eigenvalue weighted by Gasteiger charge is 2.00. The van der Waals surface area contributed by atoms with Crippen molar-refractivity contribution in [3.05, 3.63) is 60.3 Å². The third kappa shape index (κ3) is 2.10. The maximum Gasteiger partial charge on any atom is 0.0922 e. The van der Waals surface area contributed by atoms with Gasteiger partial charge in [0.15, 0.2) is 0 Å². The largest absolute Gasteiger partial charge is 0.265 e. The van der Waals surface area contributed by atoms with Gasteiger partial charge in [-0.3, -0.25) is 9.97 Å². The summed E-state index contributed by atoms with van der Waals surface area (Å²) in [4.78, 5) is 8.55. The smallest absolute Gasteiger partial charge is 0.0922 e. The highest BCUT2D eigenvalue weighted by atomic mass is 15.1. The van der Waals surface area contributed by atoms with Crippen LogP contribution in [-0.2, 0) is 6.42 Å². The van der Waals surface area contributed by atoms with Gasteiger partial charge >= 0.3 is 0 Å². The highest BCUT2D eigenvalue weighted by molar-refractivity contribution is 5.76. The second kappa shape index (κ2) is 4.25. The van der Waals surface area contributed by atoms with E-state index in [2.05, 4.69) is 20.2 Å². The van der Waals surface area contributed by atoms with E-state index in [4.69, 9.17) is 0 Å². The van der Waals surface area contributed by atoms with Crippen LogP contribution in [0.4, 0.5) is 0 Å². The molecule has 0 spiro atoms. The Morgan fingerprint density at radius 2 is 1.71 bits per heavy atom. The molecule has 0 saturated heterocycles. The molecule has 17 heavy (non-hydrogen) atoms. The van der Waals surface area contributed by atoms with E-state index < -0.39 is 0 Å². The number of pyridine rings is 2. The lowest BCUT2D eigenvalue weighted by Crippen LogP contribution is -1.93. The predicted molar refractivity (Wildman–Crippen MR) is 64.4 cm³/mol. The van der Waals surface area contributed by atoms with Gasteiger partial charge in [-0.1, -0.05) is 0 Å². The van der Waals surface area contributed by atoms with Gasteiger partial charge in [-0.15, -0.1) is 0 Å². The summed E-state index contributed by atoms with van der Waals surface area (Å²) in [5.41, 5.74) is 3.11. The molecule has 4 nitrogen and oxygen atoms in total. The Balaban J connectivity index is 1.96. The molecule has 82 valence electrons. The minimum Gasteiger partial charge on any atom is -0.265 e. The average Bonchev–Trinajstić information content (AvgIpc) is 2.40. The van der Waals surface area contributed by atoms with Gasteiger partial charge in [0, 0.05) is 29.9 Å². The molecule has 0 amide bonds. The first-order chi connectivity index (χ1) is 8.42. The van der Waals surface area contributed by atoms with E-state index in [0.29, 0.717) is 0 Å². The van der Waals surface area contributed by atoms with Crippen LogP contribution in [0.1, 0.15) is 11.3 Å². The third-order valence-electron chi connectivity index (χ3n) is 2.59. The Kier molecular flexibility index (Phi) is 2.46. The maximum atomic E-state index is 4.55. The lowest BCUT2D eigenvalue weighted by molar-refractivity contribution is 1.03. The van der Waals surface area contributed by atoms with Crippen molar-refractivity contribution in [2.45, 2.75) is 6.42 Å². The summed E-state index contributed by atoms with van der Waals surface area (Å²) < 4.78 is 0. The van der Waals surface area contributed by atoms with Crippen LogP contribution in [0.2, 0.25) is 0 Å². The normalized spacial score (nSPS) is 10.6. The monoisotopic (exact) mass is 222 g/mol. The molecular weight excluding hydrogens is 212 g/mol. The summed E-state index contributed by atoms with van der Waals surface area (Å²) in [5, 5.41) is 8.68. The number of fused-ring (bicyclic) bond motifs is 1. The molecule has 0 aliphatic rings. The van der Waals surface area contributed by atoms with Gasteiger partial charge < -0.3 is 0 Å². The topological polar surface area (TPSA) is 51.6 Å². The van der Waals surface area contributed by atoms with Crippen LogP contribution in [-0.4, -0.2) is 20.2 Å². The number of hydrogen-bond donors (Lipinski definition) is 0. The van der Waals surface area contributed by atoms with Crippen LogP contribution < -0.4 is 0 Å². The van der Waals surface area contributed by atoms with Crippen molar-refractivity contribution in [2.24, 2.45) is 0 Å². The molecule has 0 aliphatic carbocycles. The van der Waals surface area contributed by atoms with Crippen LogP contribution >= 0.6 is 0 Å². The molecule has 0 unspecified atom stereocenters. The Labute approximate surface area is 98.4 Å². The zero-order chi connectivity index (χ0) is 11.5. The lowest BCUT2D eigenvalue weighted by Gasteiger charge is -2.02. The summed E-state index contributed by atoms with van der Waals surface area (Å²) in [7, 11) is 0. The number of aromatic nitrogens is 4. The SMILES string of the molecule is c1cc(Cc2ccc3cnncc3n2)ccn1. The first kappa shape index (κ1) is 9.84. The van der Waals surface area contributed by atoms with Crippen LogP contribution in [0.15, 0.2) is 49.1 Å². The molecule has 0 N–H and O–H groups in total. The fraction of sp³-hybridized carbons (Fsp3) is 0.0769. The van der Waals surface area contributed by atoms with Crippen LogP contribution in [0.25, 0.3) is 10.9 Å². The summed E-state index contributed by atoms with van der Waals surface area (Å²) in [6, 6.07) is 8.03.